The van der Waals surface area contributed by atoms with Gasteiger partial charge in [-0.25, -0.2) is 4.99 Å². The van der Waals surface area contributed by atoms with Crippen LogP contribution in [0.1, 0.15) is 61.1 Å². The SMILES string of the molecule is COCCCCN1C[C@@H]2C[C@H]1CN2C(=O)C1C=C2C(=NC(=O)c3cnn(C4CCOCC4)c32)C=C1C. The summed E-state index contributed by atoms with van der Waals surface area (Å²) in [5, 5.41) is 4.60. The number of aliphatic imine (C=N–C) groups is 1. The molecule has 6 rings (SSSR count). The van der Waals surface area contributed by atoms with Gasteiger partial charge in [-0.2, -0.15) is 5.10 Å². The molecule has 3 atom stereocenters. The fraction of sp³-hybridized carbons (Fsp3) is 0.630. The Kier molecular flexibility index (Phi) is 6.39. The molecular weight excluding hydrogens is 458 g/mol. The first-order chi connectivity index (χ1) is 17.5. The van der Waals surface area contributed by atoms with Crippen LogP contribution in [0.15, 0.2) is 28.9 Å². The molecule has 9 heteroatoms. The van der Waals surface area contributed by atoms with E-state index in [0.29, 0.717) is 30.5 Å². The molecule has 36 heavy (non-hydrogen) atoms. The Hall–Kier alpha value is -2.62. The average Bonchev–Trinajstić information content (AvgIpc) is 3.61. The number of carbonyl (C=O) groups excluding carboxylic acids is 2. The molecule has 1 aromatic heterocycles. The van der Waals surface area contributed by atoms with Crippen LogP contribution in [0.3, 0.4) is 0 Å². The summed E-state index contributed by atoms with van der Waals surface area (Å²) in [5.74, 6) is -0.434. The molecule has 3 saturated heterocycles. The van der Waals surface area contributed by atoms with Gasteiger partial charge in [-0.1, -0.05) is 11.6 Å². The molecule has 0 aromatic carbocycles. The molecule has 0 saturated carbocycles. The summed E-state index contributed by atoms with van der Waals surface area (Å²) in [5.41, 5.74) is 3.79. The highest BCUT2D eigenvalue weighted by molar-refractivity contribution is 6.36. The van der Waals surface area contributed by atoms with Gasteiger partial charge in [0.25, 0.3) is 5.91 Å². The molecule has 1 aromatic rings. The van der Waals surface area contributed by atoms with Crippen LogP contribution in [-0.2, 0) is 14.3 Å². The zero-order valence-electron chi connectivity index (χ0n) is 21.2. The Morgan fingerprint density at radius 3 is 2.75 bits per heavy atom. The van der Waals surface area contributed by atoms with Crippen molar-refractivity contribution >= 4 is 23.1 Å². The van der Waals surface area contributed by atoms with E-state index in [2.05, 4.69) is 19.9 Å². The van der Waals surface area contributed by atoms with Crippen molar-refractivity contribution in [1.82, 2.24) is 19.6 Å². The molecule has 192 valence electrons. The van der Waals surface area contributed by atoms with Crippen LogP contribution in [0, 0.1) is 5.92 Å². The quantitative estimate of drug-likeness (QED) is 0.543. The normalized spacial score (nSPS) is 28.1. The molecule has 0 spiro atoms. The maximum Gasteiger partial charge on any atom is 0.281 e. The summed E-state index contributed by atoms with van der Waals surface area (Å²) >= 11 is 0. The monoisotopic (exact) mass is 493 g/mol. The molecule has 4 aliphatic heterocycles. The molecule has 0 radical (unpaired) electrons. The van der Waals surface area contributed by atoms with E-state index in [1.165, 1.54) is 0 Å². The Balaban J connectivity index is 1.22. The third-order valence-electron chi connectivity index (χ3n) is 8.45. The number of hydrogen-bond donors (Lipinski definition) is 0. The van der Waals surface area contributed by atoms with E-state index >= 15 is 0 Å². The molecule has 3 fully saturated rings. The van der Waals surface area contributed by atoms with E-state index in [0.717, 1.165) is 75.2 Å². The molecule has 1 aliphatic carbocycles. The zero-order chi connectivity index (χ0) is 24.8. The van der Waals surface area contributed by atoms with E-state index in [-0.39, 0.29) is 29.8 Å². The summed E-state index contributed by atoms with van der Waals surface area (Å²) in [6, 6.07) is 0.913. The van der Waals surface area contributed by atoms with Crippen LogP contribution in [0.25, 0.3) is 5.57 Å². The van der Waals surface area contributed by atoms with Gasteiger partial charge in [0.15, 0.2) is 0 Å². The van der Waals surface area contributed by atoms with Gasteiger partial charge in [0.05, 0.1) is 35.1 Å². The van der Waals surface area contributed by atoms with Crippen LogP contribution < -0.4 is 0 Å². The third-order valence-corrected chi connectivity index (χ3v) is 8.45. The van der Waals surface area contributed by atoms with Crippen LogP contribution in [0.4, 0.5) is 0 Å². The number of unbranched alkanes of at least 4 members (excludes halogenated alkanes) is 1. The Morgan fingerprint density at radius 1 is 1.17 bits per heavy atom. The molecule has 1 unspecified atom stereocenters. The Bertz CT molecular complexity index is 1150. The molecule has 2 bridgehead atoms. The summed E-state index contributed by atoms with van der Waals surface area (Å²) in [7, 11) is 1.75. The number of allylic oxidation sites excluding steroid dienone is 2. The lowest BCUT2D eigenvalue weighted by molar-refractivity contribution is -0.135. The van der Waals surface area contributed by atoms with Crippen molar-refractivity contribution in [2.75, 3.05) is 46.6 Å². The van der Waals surface area contributed by atoms with Crippen molar-refractivity contribution in [3.8, 4) is 0 Å². The first kappa shape index (κ1) is 23.8. The topological polar surface area (TPSA) is 89.3 Å². The molecule has 5 heterocycles. The van der Waals surface area contributed by atoms with Crippen molar-refractivity contribution < 1.29 is 19.1 Å². The van der Waals surface area contributed by atoms with E-state index in [9.17, 15) is 9.59 Å². The lowest BCUT2D eigenvalue weighted by atomic mass is 9.84. The smallest absolute Gasteiger partial charge is 0.281 e. The molecule has 9 nitrogen and oxygen atoms in total. The van der Waals surface area contributed by atoms with Crippen molar-refractivity contribution in [3.63, 3.8) is 0 Å². The van der Waals surface area contributed by atoms with Gasteiger partial charge in [-0.3, -0.25) is 19.2 Å². The largest absolute Gasteiger partial charge is 0.385 e. The number of likely N-dealkylation sites (tertiary alicyclic amines) is 2. The summed E-state index contributed by atoms with van der Waals surface area (Å²) in [6.07, 6.45) is 10.6. The highest BCUT2D eigenvalue weighted by Gasteiger charge is 2.46. The van der Waals surface area contributed by atoms with Gasteiger partial charge >= 0.3 is 0 Å². The number of aromatic nitrogens is 2. The predicted molar refractivity (Wildman–Crippen MR) is 135 cm³/mol. The van der Waals surface area contributed by atoms with Crippen molar-refractivity contribution in [1.29, 1.82) is 0 Å². The maximum absolute atomic E-state index is 13.8. The first-order valence-electron chi connectivity index (χ1n) is 13.3. The van der Waals surface area contributed by atoms with E-state index in [4.69, 9.17) is 9.47 Å². The Morgan fingerprint density at radius 2 is 2.00 bits per heavy atom. The van der Waals surface area contributed by atoms with Crippen LogP contribution >= 0.6 is 0 Å². The van der Waals surface area contributed by atoms with Gasteiger partial charge in [0.1, 0.15) is 0 Å². The predicted octanol–water partition coefficient (Wildman–Crippen LogP) is 2.50. The van der Waals surface area contributed by atoms with Gasteiger partial charge in [0.2, 0.25) is 5.91 Å². The highest BCUT2D eigenvalue weighted by Crippen LogP contribution is 2.39. The molecule has 2 amide bonds. The minimum atomic E-state index is -0.340. The minimum absolute atomic E-state index is 0.164. The second-order valence-corrected chi connectivity index (χ2v) is 10.7. The second kappa shape index (κ2) is 9.68. The summed E-state index contributed by atoms with van der Waals surface area (Å²) in [6.45, 7) is 6.99. The van der Waals surface area contributed by atoms with Crippen molar-refractivity contribution in [3.05, 3.63) is 35.2 Å². The number of methoxy groups -OCH3 is 1. The van der Waals surface area contributed by atoms with E-state index in [1.54, 1.807) is 13.3 Å². The van der Waals surface area contributed by atoms with Gasteiger partial charge in [-0.05, 0) is 51.6 Å². The third kappa shape index (κ3) is 4.07. The first-order valence-corrected chi connectivity index (χ1v) is 13.3. The number of nitrogens with zero attached hydrogens (tertiary/aromatic N) is 5. The lowest BCUT2D eigenvalue weighted by Gasteiger charge is -2.36. The molecule has 0 N–H and O–H groups in total. The number of ether oxygens (including phenoxy) is 2. The lowest BCUT2D eigenvalue weighted by Crippen LogP contribution is -2.50. The maximum atomic E-state index is 13.8. The number of fused-ring (bicyclic) bond motifs is 5. The summed E-state index contributed by atoms with van der Waals surface area (Å²) in [4.78, 5) is 35.6. The number of amides is 2. The van der Waals surface area contributed by atoms with Crippen molar-refractivity contribution in [2.45, 2.75) is 57.2 Å². The Labute approximate surface area is 211 Å². The van der Waals surface area contributed by atoms with Gasteiger partial charge in [-0.15, -0.1) is 0 Å². The van der Waals surface area contributed by atoms with Crippen LogP contribution in [0.5, 0.6) is 0 Å². The average molecular weight is 494 g/mol. The second-order valence-electron chi connectivity index (χ2n) is 10.7. The minimum Gasteiger partial charge on any atom is -0.385 e. The van der Waals surface area contributed by atoms with Gasteiger partial charge < -0.3 is 14.4 Å². The van der Waals surface area contributed by atoms with Crippen LogP contribution in [0.2, 0.25) is 0 Å². The fourth-order valence-electron chi connectivity index (χ4n) is 6.52. The highest BCUT2D eigenvalue weighted by atomic mass is 16.5. The van der Waals surface area contributed by atoms with E-state index < -0.39 is 0 Å². The summed E-state index contributed by atoms with van der Waals surface area (Å²) < 4.78 is 12.7. The van der Waals surface area contributed by atoms with E-state index in [1.807, 2.05) is 23.8 Å². The zero-order valence-corrected chi connectivity index (χ0v) is 21.2. The molecule has 5 aliphatic rings. The number of piperazine rings is 1. The number of carbonyl (C=O) groups is 2. The van der Waals surface area contributed by atoms with Crippen LogP contribution in [-0.4, -0.2) is 95.8 Å². The standard InChI is InChI=1S/C27H35N5O4/c1-17-11-24-22(25-23(26(33)29-24)14-28-32(25)18-5-9-36-10-6-18)13-21(17)27(34)31-16-19-12-20(31)15-30(19)7-3-4-8-35-2/h11,13-14,18-21H,3-10,12,15-16H2,1-2H3/t19-,20-,21?/m0/s1. The van der Waals surface area contributed by atoms with Gasteiger partial charge in [0, 0.05) is 57.7 Å². The van der Waals surface area contributed by atoms with Crippen molar-refractivity contribution in [2.24, 2.45) is 10.9 Å². The molecular formula is C27H35N5O4. The fourth-order valence-corrected chi connectivity index (χ4v) is 6.52. The number of rotatable bonds is 7. The number of hydrogen-bond acceptors (Lipinski definition) is 6.